The topological polar surface area (TPSA) is 62.3 Å². The third kappa shape index (κ3) is 2.70. The first-order valence-electron chi connectivity index (χ1n) is 6.51. The Morgan fingerprint density at radius 2 is 1.94 bits per heavy atom. The maximum atomic E-state index is 5.33. The number of morpholine rings is 1. The lowest BCUT2D eigenvalue weighted by Gasteiger charge is -2.27. The first-order valence-corrected chi connectivity index (χ1v) is 6.51. The summed E-state index contributed by atoms with van der Waals surface area (Å²) >= 11 is 0. The summed E-state index contributed by atoms with van der Waals surface area (Å²) in [4.78, 5) is 9.09. The van der Waals surface area contributed by atoms with Gasteiger partial charge in [0.15, 0.2) is 0 Å². The van der Waals surface area contributed by atoms with Gasteiger partial charge in [-0.2, -0.15) is 0 Å². The van der Waals surface area contributed by atoms with Crippen molar-refractivity contribution >= 4 is 11.6 Å². The van der Waals surface area contributed by atoms with Crippen LogP contribution >= 0.6 is 0 Å². The summed E-state index contributed by atoms with van der Waals surface area (Å²) in [5, 5.41) is 5.23. The minimum atomic E-state index is 0.559. The highest BCUT2D eigenvalue weighted by Gasteiger charge is 2.27. The molecule has 2 heterocycles. The Bertz CT molecular complexity index is 415. The first-order chi connectivity index (χ1) is 8.85. The van der Waals surface area contributed by atoms with Gasteiger partial charge >= 0.3 is 0 Å². The van der Waals surface area contributed by atoms with Crippen molar-refractivity contribution in [3.05, 3.63) is 11.9 Å². The normalized spacial score (nSPS) is 20.7. The monoisotopic (exact) mass is 249 g/mol. The van der Waals surface area contributed by atoms with Crippen molar-refractivity contribution < 1.29 is 4.74 Å². The predicted molar refractivity (Wildman–Crippen MR) is 69.6 cm³/mol. The SMILES string of the molecule is CNc1cc(NN2CCOCC2)nc(C2CC2)n1. The molecule has 0 amide bonds. The van der Waals surface area contributed by atoms with E-state index in [9.17, 15) is 0 Å². The fourth-order valence-corrected chi connectivity index (χ4v) is 2.01. The lowest BCUT2D eigenvalue weighted by Crippen LogP contribution is -2.40. The summed E-state index contributed by atoms with van der Waals surface area (Å²) in [6.07, 6.45) is 2.42. The van der Waals surface area contributed by atoms with E-state index in [0.717, 1.165) is 43.8 Å². The van der Waals surface area contributed by atoms with Gasteiger partial charge in [-0.25, -0.2) is 15.0 Å². The van der Waals surface area contributed by atoms with E-state index in [0.29, 0.717) is 5.92 Å². The molecule has 0 bridgehead atoms. The van der Waals surface area contributed by atoms with Crippen LogP contribution in [0.5, 0.6) is 0 Å². The van der Waals surface area contributed by atoms with Crippen LogP contribution in [0.4, 0.5) is 11.6 Å². The molecule has 1 aliphatic carbocycles. The Hall–Kier alpha value is -1.40. The van der Waals surface area contributed by atoms with Gasteiger partial charge < -0.3 is 15.5 Å². The van der Waals surface area contributed by atoms with Crippen LogP contribution in [0.15, 0.2) is 6.07 Å². The smallest absolute Gasteiger partial charge is 0.146 e. The van der Waals surface area contributed by atoms with Gasteiger partial charge in [-0.05, 0) is 12.8 Å². The highest BCUT2D eigenvalue weighted by molar-refractivity contribution is 5.47. The van der Waals surface area contributed by atoms with E-state index in [1.807, 2.05) is 13.1 Å². The second-order valence-electron chi connectivity index (χ2n) is 4.73. The molecule has 0 unspecified atom stereocenters. The van der Waals surface area contributed by atoms with Crippen LogP contribution in [0.2, 0.25) is 0 Å². The molecule has 6 heteroatoms. The second-order valence-corrected chi connectivity index (χ2v) is 4.73. The van der Waals surface area contributed by atoms with E-state index >= 15 is 0 Å². The molecular formula is C12H19N5O. The molecule has 98 valence electrons. The van der Waals surface area contributed by atoms with Gasteiger partial charge in [0.25, 0.3) is 0 Å². The molecule has 3 rings (SSSR count). The third-order valence-electron chi connectivity index (χ3n) is 3.23. The molecule has 0 aromatic carbocycles. The van der Waals surface area contributed by atoms with E-state index in [-0.39, 0.29) is 0 Å². The van der Waals surface area contributed by atoms with Crippen LogP contribution < -0.4 is 10.7 Å². The molecule has 0 radical (unpaired) electrons. The number of anilines is 2. The molecule has 2 N–H and O–H groups in total. The Morgan fingerprint density at radius 1 is 1.22 bits per heavy atom. The number of rotatable bonds is 4. The number of nitrogens with zero attached hydrogens (tertiary/aromatic N) is 3. The maximum Gasteiger partial charge on any atom is 0.146 e. The van der Waals surface area contributed by atoms with Crippen LogP contribution in [0.1, 0.15) is 24.6 Å². The fourth-order valence-electron chi connectivity index (χ4n) is 2.01. The first kappa shape index (κ1) is 11.7. The number of hydrogen-bond donors (Lipinski definition) is 2. The summed E-state index contributed by atoms with van der Waals surface area (Å²) in [5.41, 5.74) is 3.34. The lowest BCUT2D eigenvalue weighted by molar-refractivity contribution is 0.0495. The van der Waals surface area contributed by atoms with Gasteiger partial charge in [-0.1, -0.05) is 0 Å². The molecule has 0 spiro atoms. The van der Waals surface area contributed by atoms with Crippen LogP contribution in [0, 0.1) is 0 Å². The lowest BCUT2D eigenvalue weighted by atomic mass is 10.4. The maximum absolute atomic E-state index is 5.33. The van der Waals surface area contributed by atoms with Crippen molar-refractivity contribution in [2.45, 2.75) is 18.8 Å². The van der Waals surface area contributed by atoms with Crippen LogP contribution in [0.3, 0.4) is 0 Å². The van der Waals surface area contributed by atoms with Crippen molar-refractivity contribution in [1.29, 1.82) is 0 Å². The highest BCUT2D eigenvalue weighted by atomic mass is 16.5. The summed E-state index contributed by atoms with van der Waals surface area (Å²) in [6, 6.07) is 1.95. The second kappa shape index (κ2) is 5.07. The fraction of sp³-hybridized carbons (Fsp3) is 0.667. The van der Waals surface area contributed by atoms with E-state index in [1.54, 1.807) is 0 Å². The van der Waals surface area contributed by atoms with Gasteiger partial charge in [0, 0.05) is 32.1 Å². The zero-order chi connectivity index (χ0) is 12.4. The zero-order valence-corrected chi connectivity index (χ0v) is 10.6. The number of nitrogens with one attached hydrogen (secondary N) is 2. The Balaban J connectivity index is 1.74. The third-order valence-corrected chi connectivity index (χ3v) is 3.23. The molecule has 1 aliphatic heterocycles. The van der Waals surface area contributed by atoms with Crippen LogP contribution in [0.25, 0.3) is 0 Å². The zero-order valence-electron chi connectivity index (χ0n) is 10.6. The van der Waals surface area contributed by atoms with Gasteiger partial charge in [-0.3, -0.25) is 0 Å². The molecule has 1 aromatic heterocycles. The van der Waals surface area contributed by atoms with Crippen molar-refractivity contribution in [2.24, 2.45) is 0 Å². The molecule has 2 fully saturated rings. The molecule has 0 atom stereocenters. The van der Waals surface area contributed by atoms with Crippen molar-refractivity contribution in [2.75, 3.05) is 44.1 Å². The largest absolute Gasteiger partial charge is 0.379 e. The van der Waals surface area contributed by atoms with Crippen molar-refractivity contribution in [3.8, 4) is 0 Å². The van der Waals surface area contributed by atoms with E-state index < -0.39 is 0 Å². The molecular weight excluding hydrogens is 230 g/mol. The van der Waals surface area contributed by atoms with Crippen LogP contribution in [-0.4, -0.2) is 48.3 Å². The molecule has 6 nitrogen and oxygen atoms in total. The van der Waals surface area contributed by atoms with Gasteiger partial charge in [0.2, 0.25) is 0 Å². The molecule has 2 aliphatic rings. The predicted octanol–water partition coefficient (Wildman–Crippen LogP) is 1.05. The van der Waals surface area contributed by atoms with Crippen molar-refractivity contribution in [3.63, 3.8) is 0 Å². The Labute approximate surface area is 107 Å². The Kier molecular flexibility index (Phi) is 3.29. The quantitative estimate of drug-likeness (QED) is 0.832. The average molecular weight is 249 g/mol. The molecule has 1 saturated carbocycles. The van der Waals surface area contributed by atoms with E-state index in [2.05, 4.69) is 25.7 Å². The highest BCUT2D eigenvalue weighted by Crippen LogP contribution is 2.38. The van der Waals surface area contributed by atoms with Gasteiger partial charge in [0.1, 0.15) is 17.5 Å². The summed E-state index contributed by atoms with van der Waals surface area (Å²) in [6.45, 7) is 3.31. The number of aromatic nitrogens is 2. The summed E-state index contributed by atoms with van der Waals surface area (Å²) < 4.78 is 5.33. The number of hydrogen-bond acceptors (Lipinski definition) is 6. The minimum Gasteiger partial charge on any atom is -0.379 e. The molecule has 1 aromatic rings. The van der Waals surface area contributed by atoms with Crippen molar-refractivity contribution in [1.82, 2.24) is 15.0 Å². The van der Waals surface area contributed by atoms with Crippen LogP contribution in [-0.2, 0) is 4.74 Å². The molecule has 18 heavy (non-hydrogen) atoms. The van der Waals surface area contributed by atoms with E-state index in [1.165, 1.54) is 12.8 Å². The van der Waals surface area contributed by atoms with Gasteiger partial charge in [-0.15, -0.1) is 0 Å². The number of ether oxygens (including phenoxy) is 1. The average Bonchev–Trinajstić information content (AvgIpc) is 3.24. The summed E-state index contributed by atoms with van der Waals surface area (Å²) in [5.74, 6) is 3.27. The minimum absolute atomic E-state index is 0.559. The van der Waals surface area contributed by atoms with Gasteiger partial charge in [0.05, 0.1) is 13.2 Å². The standard InChI is InChI=1S/C12H19N5O/c1-13-10-8-11(15-12(14-10)9-2-3-9)16-17-4-6-18-7-5-17/h8-9H,2-7H2,1H3,(H2,13,14,15,16). The van der Waals surface area contributed by atoms with E-state index in [4.69, 9.17) is 4.74 Å². The number of hydrazine groups is 1. The summed E-state index contributed by atoms with van der Waals surface area (Å²) in [7, 11) is 1.89. The molecule has 1 saturated heterocycles. The Morgan fingerprint density at radius 3 is 2.61 bits per heavy atom.